The highest BCUT2D eigenvalue weighted by atomic mass is 35.5. The predicted molar refractivity (Wildman–Crippen MR) is 76.0 cm³/mol. The summed E-state index contributed by atoms with van der Waals surface area (Å²) in [5.74, 6) is 1.20. The van der Waals surface area contributed by atoms with Gasteiger partial charge in [0.2, 0.25) is 0 Å². The molecule has 0 saturated carbocycles. The first-order chi connectivity index (χ1) is 8.65. The van der Waals surface area contributed by atoms with Crippen molar-refractivity contribution in [3.8, 4) is 5.75 Å². The summed E-state index contributed by atoms with van der Waals surface area (Å²) in [6.45, 7) is 5.78. The molecule has 18 heavy (non-hydrogen) atoms. The Morgan fingerprint density at radius 3 is 2.56 bits per heavy atom. The lowest BCUT2D eigenvalue weighted by molar-refractivity contribution is 0.435. The zero-order valence-corrected chi connectivity index (χ0v) is 10.9. The normalized spacial score (nSPS) is 9.89. The monoisotopic (exact) mass is 259 g/mol. The highest BCUT2D eigenvalue weighted by Gasteiger charge is 2.01. The molecule has 2 aromatic rings. The van der Waals surface area contributed by atoms with E-state index in [1.54, 1.807) is 0 Å². The molecule has 2 aromatic carbocycles. The lowest BCUT2D eigenvalue weighted by Gasteiger charge is -2.11. The molecule has 3 heteroatoms. The molecule has 2 nitrogen and oxygen atoms in total. The number of para-hydroxylation sites is 1. The van der Waals surface area contributed by atoms with E-state index in [0.717, 1.165) is 17.0 Å². The molecule has 0 aliphatic rings. The fourth-order valence-corrected chi connectivity index (χ4v) is 1.67. The summed E-state index contributed by atoms with van der Waals surface area (Å²) < 4.78 is 5.54. The molecule has 0 amide bonds. The number of benzene rings is 2. The van der Waals surface area contributed by atoms with Crippen molar-refractivity contribution in [1.29, 1.82) is 0 Å². The second-order valence-corrected chi connectivity index (χ2v) is 4.33. The number of nitrogens with one attached hydrogen (secondary N) is 1. The fraction of sp³-hybridized carbons (Fsp3) is 0.0667. The highest BCUT2D eigenvalue weighted by Crippen LogP contribution is 2.21. The van der Waals surface area contributed by atoms with E-state index in [9.17, 15) is 0 Å². The maximum Gasteiger partial charge on any atom is 0.190 e. The van der Waals surface area contributed by atoms with Crippen LogP contribution in [-0.4, -0.2) is 0 Å². The third-order valence-electron chi connectivity index (χ3n) is 2.44. The van der Waals surface area contributed by atoms with Crippen molar-refractivity contribution in [3.63, 3.8) is 0 Å². The molecule has 92 valence electrons. The van der Waals surface area contributed by atoms with E-state index in [4.69, 9.17) is 16.3 Å². The van der Waals surface area contributed by atoms with E-state index in [1.807, 2.05) is 55.5 Å². The molecular formula is C15H14ClNO. The van der Waals surface area contributed by atoms with Gasteiger partial charge in [-0.2, -0.15) is 0 Å². The number of hydrogen-bond donors (Lipinski definition) is 1. The van der Waals surface area contributed by atoms with Gasteiger partial charge >= 0.3 is 0 Å². The molecule has 0 radical (unpaired) electrons. The summed E-state index contributed by atoms with van der Waals surface area (Å²) in [7, 11) is 0. The van der Waals surface area contributed by atoms with Gasteiger partial charge in [0, 0.05) is 10.7 Å². The first kappa shape index (κ1) is 12.5. The highest BCUT2D eigenvalue weighted by molar-refractivity contribution is 6.31. The molecule has 0 unspecified atom stereocenters. The SMILES string of the molecule is C=C(Nc1ccc(C)c(Cl)c1)Oc1ccccc1. The van der Waals surface area contributed by atoms with Crippen LogP contribution in [0.4, 0.5) is 5.69 Å². The number of hydrogen-bond acceptors (Lipinski definition) is 2. The molecule has 0 aliphatic carbocycles. The van der Waals surface area contributed by atoms with Crippen LogP contribution in [0.5, 0.6) is 5.75 Å². The number of rotatable bonds is 4. The number of halogens is 1. The standard InChI is InChI=1S/C15H14ClNO/c1-11-8-9-13(10-15(11)16)17-12(2)18-14-6-4-3-5-7-14/h3-10,17H,2H2,1H3. The van der Waals surface area contributed by atoms with Crippen LogP contribution < -0.4 is 10.1 Å². The number of anilines is 1. The van der Waals surface area contributed by atoms with Crippen LogP contribution in [0.15, 0.2) is 61.0 Å². The van der Waals surface area contributed by atoms with Crippen molar-refractivity contribution in [2.24, 2.45) is 0 Å². The van der Waals surface area contributed by atoms with Crippen molar-refractivity contribution in [1.82, 2.24) is 0 Å². The molecule has 0 atom stereocenters. The van der Waals surface area contributed by atoms with Gasteiger partial charge in [-0.1, -0.05) is 35.9 Å². The van der Waals surface area contributed by atoms with Gasteiger partial charge in [-0.15, -0.1) is 0 Å². The Balaban J connectivity index is 2.01. The maximum absolute atomic E-state index is 6.05. The largest absolute Gasteiger partial charge is 0.442 e. The Bertz CT molecular complexity index is 552. The van der Waals surface area contributed by atoms with E-state index in [2.05, 4.69) is 11.9 Å². The van der Waals surface area contributed by atoms with Gasteiger partial charge in [0.25, 0.3) is 0 Å². The third-order valence-corrected chi connectivity index (χ3v) is 2.85. The summed E-state index contributed by atoms with van der Waals surface area (Å²) in [6.07, 6.45) is 0. The Hall–Kier alpha value is -1.93. The summed E-state index contributed by atoms with van der Waals surface area (Å²) >= 11 is 6.05. The first-order valence-corrected chi connectivity index (χ1v) is 5.98. The van der Waals surface area contributed by atoms with E-state index in [1.165, 1.54) is 0 Å². The summed E-state index contributed by atoms with van der Waals surface area (Å²) in [4.78, 5) is 0. The average molecular weight is 260 g/mol. The third kappa shape index (κ3) is 3.28. The van der Waals surface area contributed by atoms with E-state index in [0.29, 0.717) is 10.9 Å². The van der Waals surface area contributed by atoms with E-state index >= 15 is 0 Å². The van der Waals surface area contributed by atoms with E-state index < -0.39 is 0 Å². The zero-order valence-electron chi connectivity index (χ0n) is 10.1. The topological polar surface area (TPSA) is 21.3 Å². The van der Waals surface area contributed by atoms with Gasteiger partial charge < -0.3 is 10.1 Å². The first-order valence-electron chi connectivity index (χ1n) is 5.60. The molecule has 0 spiro atoms. The minimum atomic E-state index is 0.459. The molecule has 0 saturated heterocycles. The Morgan fingerprint density at radius 2 is 1.89 bits per heavy atom. The van der Waals surface area contributed by atoms with Gasteiger partial charge in [0.1, 0.15) is 5.75 Å². The molecule has 1 N–H and O–H groups in total. The van der Waals surface area contributed by atoms with Gasteiger partial charge in [-0.25, -0.2) is 0 Å². The summed E-state index contributed by atoms with van der Waals surface area (Å²) in [5, 5.41) is 3.77. The Labute approximate surface area is 112 Å². The fourth-order valence-electron chi connectivity index (χ4n) is 1.49. The van der Waals surface area contributed by atoms with Crippen LogP contribution in [-0.2, 0) is 0 Å². The van der Waals surface area contributed by atoms with Crippen molar-refractivity contribution < 1.29 is 4.74 Å². The van der Waals surface area contributed by atoms with Crippen LogP contribution in [0, 0.1) is 6.92 Å². The average Bonchev–Trinajstić information content (AvgIpc) is 2.35. The smallest absolute Gasteiger partial charge is 0.190 e. The van der Waals surface area contributed by atoms with Crippen molar-refractivity contribution in [2.75, 3.05) is 5.32 Å². The van der Waals surface area contributed by atoms with Crippen LogP contribution in [0.25, 0.3) is 0 Å². The van der Waals surface area contributed by atoms with Crippen molar-refractivity contribution in [2.45, 2.75) is 6.92 Å². The van der Waals surface area contributed by atoms with Crippen LogP contribution in [0.2, 0.25) is 5.02 Å². The van der Waals surface area contributed by atoms with Crippen LogP contribution in [0.1, 0.15) is 5.56 Å². The molecule has 0 heterocycles. The van der Waals surface area contributed by atoms with Gasteiger partial charge in [-0.3, -0.25) is 0 Å². The van der Waals surface area contributed by atoms with Crippen LogP contribution in [0.3, 0.4) is 0 Å². The molecule has 2 rings (SSSR count). The molecule has 0 aliphatic heterocycles. The van der Waals surface area contributed by atoms with Gasteiger partial charge in [0.05, 0.1) is 0 Å². The lowest BCUT2D eigenvalue weighted by Crippen LogP contribution is -2.05. The molecule has 0 fully saturated rings. The maximum atomic E-state index is 6.05. The minimum Gasteiger partial charge on any atom is -0.442 e. The number of ether oxygens (including phenoxy) is 1. The van der Waals surface area contributed by atoms with Gasteiger partial charge in [0.15, 0.2) is 5.88 Å². The Morgan fingerprint density at radius 1 is 1.17 bits per heavy atom. The lowest BCUT2D eigenvalue weighted by atomic mass is 10.2. The summed E-state index contributed by atoms with van der Waals surface area (Å²) in [6, 6.07) is 15.2. The van der Waals surface area contributed by atoms with Crippen LogP contribution >= 0.6 is 11.6 Å². The second-order valence-electron chi connectivity index (χ2n) is 3.93. The molecule has 0 aromatic heterocycles. The minimum absolute atomic E-state index is 0.459. The molecule has 0 bridgehead atoms. The molecular weight excluding hydrogens is 246 g/mol. The second kappa shape index (κ2) is 5.61. The predicted octanol–water partition coefficient (Wildman–Crippen LogP) is 4.61. The quantitative estimate of drug-likeness (QED) is 0.810. The number of aryl methyl sites for hydroxylation is 1. The van der Waals surface area contributed by atoms with Crippen molar-refractivity contribution >= 4 is 17.3 Å². The zero-order chi connectivity index (χ0) is 13.0. The van der Waals surface area contributed by atoms with Crippen molar-refractivity contribution in [3.05, 3.63) is 71.6 Å². The summed E-state index contributed by atoms with van der Waals surface area (Å²) in [5.41, 5.74) is 1.89. The van der Waals surface area contributed by atoms with E-state index in [-0.39, 0.29) is 0 Å². The Kier molecular flexibility index (Phi) is 3.90. The van der Waals surface area contributed by atoms with Gasteiger partial charge in [-0.05, 0) is 43.3 Å².